The van der Waals surface area contributed by atoms with Gasteiger partial charge in [-0.15, -0.1) is 11.3 Å². The number of hydrogen-bond acceptors (Lipinski definition) is 7. The molecule has 2 aromatic heterocycles. The van der Waals surface area contributed by atoms with E-state index in [1.165, 1.54) is 29.7 Å². The third kappa shape index (κ3) is 5.00. The molecule has 1 amide bonds. The van der Waals surface area contributed by atoms with Crippen molar-refractivity contribution < 1.29 is 31.3 Å². The summed E-state index contributed by atoms with van der Waals surface area (Å²) in [4.78, 5) is 22.5. The number of aromatic nitrogens is 2. The van der Waals surface area contributed by atoms with Gasteiger partial charge in [-0.05, 0) is 49.6 Å². The SMILES string of the molecule is CCOc1cncc(-c2ccc(C(=O)NC3(c4cccc(N(C(F)F)S(=O)(=O)O)c4)CC3)s2)n1. The standard InChI is InChI=1S/C21H20F2N4O5S2/c1-2-32-18-12-24-11-15(25-18)16-6-7-17(33-16)19(28)26-21(8-9-21)13-4-3-5-14(10-13)27(20(22)23)34(29,30)31/h3-7,10-12,20H,2,8-9H2,1H3,(H,26,28)(H,29,30,31). The van der Waals surface area contributed by atoms with Crippen molar-refractivity contribution in [2.75, 3.05) is 10.9 Å². The van der Waals surface area contributed by atoms with Crippen molar-refractivity contribution in [2.24, 2.45) is 0 Å². The minimum atomic E-state index is -5.18. The van der Waals surface area contributed by atoms with Gasteiger partial charge in [0.1, 0.15) is 5.69 Å². The molecular formula is C21H20F2N4O5S2. The molecule has 0 saturated heterocycles. The van der Waals surface area contributed by atoms with E-state index in [0.29, 0.717) is 46.3 Å². The predicted molar refractivity (Wildman–Crippen MR) is 121 cm³/mol. The molecule has 34 heavy (non-hydrogen) atoms. The lowest BCUT2D eigenvalue weighted by Gasteiger charge is -2.23. The topological polar surface area (TPSA) is 122 Å². The van der Waals surface area contributed by atoms with Crippen molar-refractivity contribution in [1.82, 2.24) is 15.3 Å². The number of thiophene rings is 1. The minimum absolute atomic E-state index is 0.367. The minimum Gasteiger partial charge on any atom is -0.477 e. The van der Waals surface area contributed by atoms with Crippen LogP contribution in [0.4, 0.5) is 14.5 Å². The molecule has 0 bridgehead atoms. The Kier molecular flexibility index (Phi) is 6.51. The maximum Gasteiger partial charge on any atom is 0.364 e. The van der Waals surface area contributed by atoms with E-state index in [1.807, 2.05) is 6.92 Å². The van der Waals surface area contributed by atoms with Crippen LogP contribution < -0.4 is 14.4 Å². The van der Waals surface area contributed by atoms with Gasteiger partial charge in [0.15, 0.2) is 0 Å². The van der Waals surface area contributed by atoms with Gasteiger partial charge in [0.05, 0.1) is 40.0 Å². The Hall–Kier alpha value is -3.16. The lowest BCUT2D eigenvalue weighted by Crippen LogP contribution is -2.36. The van der Waals surface area contributed by atoms with E-state index in [-0.39, 0.29) is 10.2 Å². The second kappa shape index (κ2) is 9.24. The van der Waals surface area contributed by atoms with Crippen LogP contribution in [0, 0.1) is 0 Å². The van der Waals surface area contributed by atoms with Gasteiger partial charge < -0.3 is 10.1 Å². The largest absolute Gasteiger partial charge is 0.477 e. The summed E-state index contributed by atoms with van der Waals surface area (Å²) in [6.07, 6.45) is 4.15. The molecule has 1 aliphatic carbocycles. The van der Waals surface area contributed by atoms with Crippen LogP contribution in [0.5, 0.6) is 5.88 Å². The Labute approximate surface area is 198 Å². The first-order valence-electron chi connectivity index (χ1n) is 10.2. The highest BCUT2D eigenvalue weighted by Crippen LogP contribution is 2.47. The molecule has 2 N–H and O–H groups in total. The van der Waals surface area contributed by atoms with Gasteiger partial charge in [0, 0.05) is 0 Å². The number of carbonyl (C=O) groups is 1. The zero-order valence-corrected chi connectivity index (χ0v) is 19.4. The summed E-state index contributed by atoms with van der Waals surface area (Å²) in [5.41, 5.74) is -0.207. The Morgan fingerprint density at radius 2 is 2.06 bits per heavy atom. The van der Waals surface area contributed by atoms with E-state index < -0.39 is 28.1 Å². The normalized spacial score (nSPS) is 14.6. The molecule has 1 fully saturated rings. The molecule has 2 heterocycles. The highest BCUT2D eigenvalue weighted by molar-refractivity contribution is 7.87. The quantitative estimate of drug-likeness (QED) is 0.331. The predicted octanol–water partition coefficient (Wildman–Crippen LogP) is 3.85. The zero-order valence-electron chi connectivity index (χ0n) is 17.8. The number of amides is 1. The number of benzene rings is 1. The number of carbonyl (C=O) groups excluding carboxylic acids is 1. The average Bonchev–Trinajstić information content (AvgIpc) is 3.38. The van der Waals surface area contributed by atoms with E-state index >= 15 is 0 Å². The van der Waals surface area contributed by atoms with Crippen molar-refractivity contribution >= 4 is 33.2 Å². The summed E-state index contributed by atoms with van der Waals surface area (Å²) < 4.78 is 63.5. The number of nitrogens with one attached hydrogen (secondary N) is 1. The van der Waals surface area contributed by atoms with Crippen LogP contribution >= 0.6 is 11.3 Å². The van der Waals surface area contributed by atoms with Crippen LogP contribution in [-0.4, -0.2) is 42.0 Å². The van der Waals surface area contributed by atoms with Crippen molar-refractivity contribution in [1.29, 1.82) is 0 Å². The molecule has 1 aliphatic rings. The molecule has 9 nitrogen and oxygen atoms in total. The van der Waals surface area contributed by atoms with Crippen LogP contribution in [-0.2, 0) is 15.8 Å². The number of halogens is 2. The van der Waals surface area contributed by atoms with E-state index in [9.17, 15) is 26.5 Å². The first-order valence-corrected chi connectivity index (χ1v) is 12.4. The summed E-state index contributed by atoms with van der Waals surface area (Å²) in [7, 11) is -5.18. The molecule has 0 radical (unpaired) electrons. The Balaban J connectivity index is 1.54. The summed E-state index contributed by atoms with van der Waals surface area (Å²) in [5, 5.41) is 2.92. The number of ether oxygens (including phenoxy) is 1. The van der Waals surface area contributed by atoms with Crippen LogP contribution in [0.3, 0.4) is 0 Å². The number of hydrogen-bond donors (Lipinski definition) is 2. The lowest BCUT2D eigenvalue weighted by molar-refractivity contribution is 0.0934. The molecule has 0 spiro atoms. The maximum atomic E-state index is 13.3. The van der Waals surface area contributed by atoms with E-state index in [0.717, 1.165) is 6.07 Å². The second-order valence-corrected chi connectivity index (χ2v) is 9.85. The van der Waals surface area contributed by atoms with Gasteiger partial charge in [-0.1, -0.05) is 12.1 Å². The van der Waals surface area contributed by atoms with Gasteiger partial charge in [-0.25, -0.2) is 4.98 Å². The third-order valence-electron chi connectivity index (χ3n) is 5.17. The maximum absolute atomic E-state index is 13.3. The van der Waals surface area contributed by atoms with Crippen molar-refractivity contribution in [3.05, 3.63) is 59.2 Å². The fraction of sp³-hybridized carbons (Fsp3) is 0.286. The number of nitrogens with zero attached hydrogens (tertiary/aromatic N) is 3. The third-order valence-corrected chi connectivity index (χ3v) is 7.14. The monoisotopic (exact) mass is 510 g/mol. The fourth-order valence-electron chi connectivity index (χ4n) is 3.46. The molecule has 0 atom stereocenters. The summed E-state index contributed by atoms with van der Waals surface area (Å²) in [5.74, 6) is 0.00696. The second-order valence-electron chi connectivity index (χ2n) is 7.48. The van der Waals surface area contributed by atoms with E-state index in [2.05, 4.69) is 15.3 Å². The van der Waals surface area contributed by atoms with Gasteiger partial charge >= 0.3 is 16.9 Å². The van der Waals surface area contributed by atoms with Gasteiger partial charge in [0.25, 0.3) is 5.91 Å². The van der Waals surface area contributed by atoms with Crippen LogP contribution in [0.1, 0.15) is 35.0 Å². The molecule has 13 heteroatoms. The summed E-state index contributed by atoms with van der Waals surface area (Å²) in [6.45, 7) is -1.19. The molecule has 1 saturated carbocycles. The highest BCUT2D eigenvalue weighted by atomic mass is 32.2. The highest BCUT2D eigenvalue weighted by Gasteiger charge is 2.46. The van der Waals surface area contributed by atoms with Crippen LogP contribution in [0.2, 0.25) is 0 Å². The van der Waals surface area contributed by atoms with Crippen molar-refractivity contribution in [3.63, 3.8) is 0 Å². The van der Waals surface area contributed by atoms with Crippen molar-refractivity contribution in [3.8, 4) is 16.5 Å². The lowest BCUT2D eigenvalue weighted by atomic mass is 10.0. The Morgan fingerprint density at radius 1 is 1.29 bits per heavy atom. The first kappa shape index (κ1) is 24.0. The van der Waals surface area contributed by atoms with Crippen molar-refractivity contribution in [2.45, 2.75) is 31.9 Å². The fourth-order valence-corrected chi connectivity index (χ4v) is 4.90. The number of alkyl halides is 2. The average molecular weight is 511 g/mol. The summed E-state index contributed by atoms with van der Waals surface area (Å²) in [6, 6.07) is 8.76. The van der Waals surface area contributed by atoms with Gasteiger partial charge in [-0.2, -0.15) is 21.5 Å². The van der Waals surface area contributed by atoms with E-state index in [4.69, 9.17) is 4.74 Å². The Bertz CT molecular complexity index is 1310. The molecule has 0 unspecified atom stereocenters. The van der Waals surface area contributed by atoms with Gasteiger partial charge in [0.2, 0.25) is 5.88 Å². The van der Waals surface area contributed by atoms with Crippen LogP contribution in [0.15, 0.2) is 48.8 Å². The van der Waals surface area contributed by atoms with E-state index in [1.54, 1.807) is 24.4 Å². The summed E-state index contributed by atoms with van der Waals surface area (Å²) >= 11 is 1.21. The number of rotatable bonds is 9. The first-order chi connectivity index (χ1) is 16.1. The molecule has 180 valence electrons. The Morgan fingerprint density at radius 3 is 2.71 bits per heavy atom. The molecular weight excluding hydrogens is 490 g/mol. The van der Waals surface area contributed by atoms with Gasteiger partial charge in [-0.3, -0.25) is 14.3 Å². The number of anilines is 1. The van der Waals surface area contributed by atoms with Crippen LogP contribution in [0.25, 0.3) is 10.6 Å². The molecule has 3 aromatic rings. The molecule has 1 aromatic carbocycles. The molecule has 0 aliphatic heterocycles. The smallest absolute Gasteiger partial charge is 0.364 e. The zero-order chi connectivity index (χ0) is 24.5. The molecule has 4 rings (SSSR count).